The molecule has 0 atom stereocenters. The molecule has 2 heterocycles. The number of rotatable bonds is 6. The number of aryl methyl sites for hydroxylation is 3. The molecule has 0 radical (unpaired) electrons. The van der Waals surface area contributed by atoms with Crippen molar-refractivity contribution < 1.29 is 8.42 Å². The molecule has 114 valence electrons. The van der Waals surface area contributed by atoms with Crippen LogP contribution in [0.1, 0.15) is 17.8 Å². The second kappa shape index (κ2) is 6.23. The maximum Gasteiger partial charge on any atom is 0.245 e. The van der Waals surface area contributed by atoms with Crippen molar-refractivity contribution in [2.24, 2.45) is 0 Å². The van der Waals surface area contributed by atoms with Gasteiger partial charge in [-0.15, -0.1) is 0 Å². The lowest BCUT2D eigenvalue weighted by molar-refractivity contribution is 0.543. The van der Waals surface area contributed by atoms with Crippen molar-refractivity contribution in [3.63, 3.8) is 0 Å². The van der Waals surface area contributed by atoms with E-state index in [1.165, 1.54) is 18.5 Å². The summed E-state index contributed by atoms with van der Waals surface area (Å²) < 4.78 is 28.2. The van der Waals surface area contributed by atoms with Crippen molar-refractivity contribution in [3.8, 4) is 0 Å². The number of hydrogen-bond donors (Lipinski definition) is 2. The van der Waals surface area contributed by atoms with Crippen molar-refractivity contribution in [2.45, 2.75) is 31.7 Å². The van der Waals surface area contributed by atoms with Gasteiger partial charge in [0.2, 0.25) is 15.5 Å². The molecule has 0 fully saturated rings. The van der Waals surface area contributed by atoms with Gasteiger partial charge in [0.25, 0.3) is 0 Å². The van der Waals surface area contributed by atoms with Crippen LogP contribution in [0.25, 0.3) is 0 Å². The zero-order valence-corrected chi connectivity index (χ0v) is 12.8. The Kier molecular flexibility index (Phi) is 4.59. The first kappa shape index (κ1) is 15.5. The van der Waals surface area contributed by atoms with Gasteiger partial charge in [0.1, 0.15) is 4.90 Å². The van der Waals surface area contributed by atoms with Crippen LogP contribution < -0.4 is 10.2 Å². The minimum atomic E-state index is -3.77. The molecule has 0 unspecified atom stereocenters. The van der Waals surface area contributed by atoms with Gasteiger partial charge >= 0.3 is 0 Å². The average Bonchev–Trinajstić information content (AvgIpc) is 2.73. The normalized spacial score (nSPS) is 11.7. The molecule has 0 aliphatic heterocycles. The van der Waals surface area contributed by atoms with E-state index in [4.69, 9.17) is 0 Å². The summed E-state index contributed by atoms with van der Waals surface area (Å²) in [6.45, 7) is 4.73. The highest BCUT2D eigenvalue weighted by Crippen LogP contribution is 2.03. The van der Waals surface area contributed by atoms with Crippen molar-refractivity contribution in [2.75, 3.05) is 6.54 Å². The van der Waals surface area contributed by atoms with E-state index in [9.17, 15) is 13.2 Å². The molecule has 2 aromatic rings. The Bertz CT molecular complexity index is 777. The predicted molar refractivity (Wildman–Crippen MR) is 78.6 cm³/mol. The largest absolute Gasteiger partial charge is 0.366 e. The predicted octanol–water partition coefficient (Wildman–Crippen LogP) is 0.557. The fourth-order valence-electron chi connectivity index (χ4n) is 2.03. The first-order valence-electron chi connectivity index (χ1n) is 6.58. The van der Waals surface area contributed by atoms with Crippen LogP contribution >= 0.6 is 0 Å². The van der Waals surface area contributed by atoms with Gasteiger partial charge in [0.05, 0.1) is 5.69 Å². The number of aromatic nitrogens is 3. The Morgan fingerprint density at radius 1 is 1.38 bits per heavy atom. The number of pyridine rings is 1. The summed E-state index contributed by atoms with van der Waals surface area (Å²) in [6.07, 6.45) is 3.17. The van der Waals surface area contributed by atoms with Gasteiger partial charge in [-0.05, 0) is 26.3 Å². The lowest BCUT2D eigenvalue weighted by atomic mass is 10.4. The summed E-state index contributed by atoms with van der Waals surface area (Å²) in [5.74, 6) is 0. The fourth-order valence-corrected chi connectivity index (χ4v) is 3.15. The standard InChI is InChI=1S/C13H18N4O3S/c1-10-8-11(2)17(16-10)7-3-5-15-21(19,20)13-9-14-6-4-12(13)18/h4,6,8-9,15H,3,5,7H2,1-2H3,(H,14,18). The number of aromatic amines is 1. The van der Waals surface area contributed by atoms with Crippen LogP contribution in [0.2, 0.25) is 0 Å². The number of nitrogens with zero attached hydrogens (tertiary/aromatic N) is 2. The molecule has 0 saturated heterocycles. The molecular formula is C13H18N4O3S. The second-order valence-electron chi connectivity index (χ2n) is 4.77. The van der Waals surface area contributed by atoms with Crippen LogP contribution in [-0.4, -0.2) is 29.7 Å². The van der Waals surface area contributed by atoms with Crippen molar-refractivity contribution >= 4 is 10.0 Å². The van der Waals surface area contributed by atoms with E-state index < -0.39 is 15.5 Å². The zero-order chi connectivity index (χ0) is 15.5. The smallest absolute Gasteiger partial charge is 0.245 e. The third kappa shape index (κ3) is 3.79. The topological polar surface area (TPSA) is 96.9 Å². The molecule has 2 rings (SSSR count). The van der Waals surface area contributed by atoms with E-state index >= 15 is 0 Å². The highest BCUT2D eigenvalue weighted by Gasteiger charge is 2.16. The van der Waals surface area contributed by atoms with Crippen molar-refractivity contribution in [3.05, 3.63) is 46.1 Å². The van der Waals surface area contributed by atoms with Crippen molar-refractivity contribution in [1.29, 1.82) is 0 Å². The highest BCUT2D eigenvalue weighted by atomic mass is 32.2. The first-order chi connectivity index (χ1) is 9.90. The van der Waals surface area contributed by atoms with Gasteiger partial charge in [-0.2, -0.15) is 5.10 Å². The van der Waals surface area contributed by atoms with E-state index in [1.54, 1.807) is 0 Å². The Morgan fingerprint density at radius 3 is 2.76 bits per heavy atom. The van der Waals surface area contributed by atoms with E-state index in [1.807, 2.05) is 24.6 Å². The Balaban J connectivity index is 1.93. The molecule has 2 N–H and O–H groups in total. The molecule has 2 aromatic heterocycles. The lowest BCUT2D eigenvalue weighted by Crippen LogP contribution is -2.29. The summed E-state index contributed by atoms with van der Waals surface area (Å²) in [5.41, 5.74) is 1.44. The summed E-state index contributed by atoms with van der Waals surface area (Å²) in [6, 6.07) is 3.15. The van der Waals surface area contributed by atoms with Gasteiger partial charge in [-0.1, -0.05) is 0 Å². The van der Waals surface area contributed by atoms with Gasteiger partial charge < -0.3 is 4.98 Å². The van der Waals surface area contributed by atoms with E-state index in [0.29, 0.717) is 13.0 Å². The molecule has 7 nitrogen and oxygen atoms in total. The van der Waals surface area contributed by atoms with E-state index in [-0.39, 0.29) is 11.4 Å². The van der Waals surface area contributed by atoms with Crippen LogP contribution in [-0.2, 0) is 16.6 Å². The molecule has 0 spiro atoms. The molecule has 0 aromatic carbocycles. The summed E-state index contributed by atoms with van der Waals surface area (Å²) in [4.78, 5) is 13.8. The maximum atomic E-state index is 12.0. The maximum absolute atomic E-state index is 12.0. The molecule has 0 amide bonds. The molecule has 8 heteroatoms. The third-order valence-electron chi connectivity index (χ3n) is 3.02. The number of nitrogens with one attached hydrogen (secondary N) is 2. The zero-order valence-electron chi connectivity index (χ0n) is 12.0. The quantitative estimate of drug-likeness (QED) is 0.762. The molecule has 0 saturated carbocycles. The SMILES string of the molecule is Cc1cc(C)n(CCCNS(=O)(=O)c2c[nH]ccc2=O)n1. The van der Waals surface area contributed by atoms with Crippen LogP contribution in [0.3, 0.4) is 0 Å². The summed E-state index contributed by atoms with van der Waals surface area (Å²) >= 11 is 0. The van der Waals surface area contributed by atoms with Gasteiger partial charge in [-0.3, -0.25) is 9.48 Å². The Morgan fingerprint density at radius 2 is 2.14 bits per heavy atom. The molecule has 0 aliphatic rings. The minimum Gasteiger partial charge on any atom is -0.366 e. The fraction of sp³-hybridized carbons (Fsp3) is 0.385. The van der Waals surface area contributed by atoms with Crippen LogP contribution in [0.4, 0.5) is 0 Å². The van der Waals surface area contributed by atoms with E-state index in [0.717, 1.165) is 11.4 Å². The lowest BCUT2D eigenvalue weighted by Gasteiger charge is -2.07. The second-order valence-corrected chi connectivity index (χ2v) is 6.51. The van der Waals surface area contributed by atoms with Crippen LogP contribution in [0.5, 0.6) is 0 Å². The number of hydrogen-bond acceptors (Lipinski definition) is 4. The van der Waals surface area contributed by atoms with E-state index in [2.05, 4.69) is 14.8 Å². The third-order valence-corrected chi connectivity index (χ3v) is 4.50. The number of sulfonamides is 1. The monoisotopic (exact) mass is 310 g/mol. The van der Waals surface area contributed by atoms with Crippen LogP contribution in [0.15, 0.2) is 34.2 Å². The molecule has 21 heavy (non-hydrogen) atoms. The van der Waals surface area contributed by atoms with Gasteiger partial charge in [0, 0.05) is 37.2 Å². The minimum absolute atomic E-state index is 0.245. The van der Waals surface area contributed by atoms with Crippen LogP contribution in [0, 0.1) is 13.8 Å². The summed E-state index contributed by atoms with van der Waals surface area (Å²) in [5, 5.41) is 4.30. The Hall–Kier alpha value is -1.93. The summed E-state index contributed by atoms with van der Waals surface area (Å²) in [7, 11) is -3.77. The molecule has 0 aliphatic carbocycles. The highest BCUT2D eigenvalue weighted by molar-refractivity contribution is 7.89. The van der Waals surface area contributed by atoms with Gasteiger partial charge in [0.15, 0.2) is 0 Å². The average molecular weight is 310 g/mol. The number of H-pyrrole nitrogens is 1. The molecular weight excluding hydrogens is 292 g/mol. The Labute approximate surface area is 123 Å². The van der Waals surface area contributed by atoms with Gasteiger partial charge in [-0.25, -0.2) is 13.1 Å². The van der Waals surface area contributed by atoms with Crippen molar-refractivity contribution in [1.82, 2.24) is 19.5 Å². The molecule has 0 bridgehead atoms. The first-order valence-corrected chi connectivity index (χ1v) is 8.06.